The second kappa shape index (κ2) is 22.6. The van der Waals surface area contributed by atoms with Crippen LogP contribution in [0.15, 0.2) is 11.6 Å². The monoisotopic (exact) mass is 706 g/mol. The van der Waals surface area contributed by atoms with Crippen molar-refractivity contribution in [2.24, 2.45) is 5.92 Å². The number of hydrogen-bond acceptors (Lipinski definition) is 12. The van der Waals surface area contributed by atoms with E-state index in [1.54, 1.807) is 0 Å². The van der Waals surface area contributed by atoms with Crippen LogP contribution in [0.4, 0.5) is 0 Å². The number of ether oxygens (including phenoxy) is 3. The van der Waals surface area contributed by atoms with Crippen molar-refractivity contribution in [3.63, 3.8) is 0 Å². The van der Waals surface area contributed by atoms with Crippen molar-refractivity contribution >= 4 is 52.9 Å². The molecule has 5 rings (SSSR count). The van der Waals surface area contributed by atoms with Crippen LogP contribution in [0.3, 0.4) is 0 Å². The van der Waals surface area contributed by atoms with E-state index in [0.29, 0.717) is 38.3 Å². The lowest BCUT2D eigenvalue weighted by atomic mass is 9.83. The first-order chi connectivity index (χ1) is 23.7. The molecule has 4 amide bonds. The van der Waals surface area contributed by atoms with Crippen LogP contribution in [0, 0.1) is 5.92 Å². The Labute approximate surface area is 291 Å². The molecule has 2 unspecified atom stereocenters. The number of carboxylic acids is 1. The lowest BCUT2D eigenvalue weighted by Crippen LogP contribution is -2.52. The molecular weight excluding hydrogens is 656 g/mol. The summed E-state index contributed by atoms with van der Waals surface area (Å²) in [6.45, 7) is 3.83. The standard InChI is InChI=1S/C16H21NO5.C12H20O3.C5H5NO3.C2H4O2/c18-13-9-12-15(16(20)17-13)10(8-14(19)22-12)4-3-7-21-11-5-1-2-6-11;1-10(13)9-11(14)5-4-8-15-12-6-2-3-7-12;7-3-1-4(8)6-5(9)2-3;1-2(3)4/h8,11-12,15H,1-7,9H2,(H,17,18,20);12H,2-9H2,1H3;1-2H2,(H,6,8,9);1H3,(H,3,4). The molecule has 4 fully saturated rings. The summed E-state index contributed by atoms with van der Waals surface area (Å²) in [5.74, 6) is -3.86. The second-order valence-corrected chi connectivity index (χ2v) is 12.9. The number of aliphatic carboxylic acids is 1. The van der Waals surface area contributed by atoms with Gasteiger partial charge in [0.15, 0.2) is 5.78 Å². The number of ketones is 3. The van der Waals surface area contributed by atoms with Gasteiger partial charge in [0.2, 0.25) is 23.6 Å². The number of piperidine rings is 2. The third-order valence-corrected chi connectivity index (χ3v) is 8.24. The maximum absolute atomic E-state index is 12.0. The van der Waals surface area contributed by atoms with Crippen LogP contribution in [-0.4, -0.2) is 89.5 Å². The van der Waals surface area contributed by atoms with E-state index in [2.05, 4.69) is 5.32 Å². The average molecular weight is 707 g/mol. The number of rotatable bonds is 12. The first kappa shape index (κ1) is 42.1. The highest BCUT2D eigenvalue weighted by molar-refractivity contribution is 6.16. The van der Waals surface area contributed by atoms with E-state index in [1.807, 2.05) is 5.32 Å². The maximum atomic E-state index is 12.0. The minimum Gasteiger partial charge on any atom is -0.481 e. The number of carboxylic acid groups (broad SMARTS) is 1. The van der Waals surface area contributed by atoms with Crippen molar-refractivity contribution in [1.29, 1.82) is 0 Å². The maximum Gasteiger partial charge on any atom is 0.331 e. The molecule has 2 atom stereocenters. The predicted octanol–water partition coefficient (Wildman–Crippen LogP) is 2.60. The van der Waals surface area contributed by atoms with Crippen molar-refractivity contribution in [3.8, 4) is 0 Å². The van der Waals surface area contributed by atoms with Gasteiger partial charge in [-0.2, -0.15) is 0 Å². The summed E-state index contributed by atoms with van der Waals surface area (Å²) < 4.78 is 16.5. The molecular formula is C35H50N2O13. The molecule has 15 heteroatoms. The quantitative estimate of drug-likeness (QED) is 0.115. The molecule has 2 saturated heterocycles. The topological polar surface area (TPSA) is 226 Å². The number of nitrogens with one attached hydrogen (secondary N) is 2. The Morgan fingerprint density at radius 2 is 1.32 bits per heavy atom. The molecule has 15 nitrogen and oxygen atoms in total. The lowest BCUT2D eigenvalue weighted by molar-refractivity contribution is -0.156. The van der Waals surface area contributed by atoms with E-state index in [1.165, 1.54) is 51.5 Å². The van der Waals surface area contributed by atoms with Gasteiger partial charge in [-0.25, -0.2) is 4.79 Å². The molecule has 0 aromatic heterocycles. The number of carbonyl (C=O) groups excluding carboxylic acids is 8. The summed E-state index contributed by atoms with van der Waals surface area (Å²) in [5.41, 5.74) is 0.751. The summed E-state index contributed by atoms with van der Waals surface area (Å²) in [5, 5.41) is 11.7. The van der Waals surface area contributed by atoms with Crippen molar-refractivity contribution < 1.29 is 62.5 Å². The predicted molar refractivity (Wildman–Crippen MR) is 175 cm³/mol. The van der Waals surface area contributed by atoms with Crippen molar-refractivity contribution in [3.05, 3.63) is 11.6 Å². The van der Waals surface area contributed by atoms with Gasteiger partial charge >= 0.3 is 5.97 Å². The van der Waals surface area contributed by atoms with Gasteiger partial charge in [-0.1, -0.05) is 25.7 Å². The third kappa shape index (κ3) is 17.5. The zero-order valence-electron chi connectivity index (χ0n) is 29.0. The van der Waals surface area contributed by atoms with Gasteiger partial charge < -0.3 is 19.3 Å². The van der Waals surface area contributed by atoms with E-state index in [-0.39, 0.29) is 54.8 Å². The number of esters is 1. The minimum absolute atomic E-state index is 0.0394. The number of fused-ring (bicyclic) bond motifs is 1. The van der Waals surface area contributed by atoms with Crippen LogP contribution in [-0.2, 0) is 57.4 Å². The summed E-state index contributed by atoms with van der Waals surface area (Å²) >= 11 is 0. The summed E-state index contributed by atoms with van der Waals surface area (Å²) in [6.07, 6.45) is 13.6. The Morgan fingerprint density at radius 1 is 0.800 bits per heavy atom. The van der Waals surface area contributed by atoms with Crippen LogP contribution in [0.25, 0.3) is 0 Å². The molecule has 50 heavy (non-hydrogen) atoms. The van der Waals surface area contributed by atoms with E-state index in [9.17, 15) is 38.4 Å². The Hall–Kier alpha value is -4.11. The summed E-state index contributed by atoms with van der Waals surface area (Å²) in [7, 11) is 0. The van der Waals surface area contributed by atoms with Crippen LogP contribution in [0.2, 0.25) is 0 Å². The van der Waals surface area contributed by atoms with E-state index < -0.39 is 35.8 Å². The summed E-state index contributed by atoms with van der Waals surface area (Å²) in [4.78, 5) is 96.9. The first-order valence-electron chi connectivity index (χ1n) is 17.3. The first-order valence-corrected chi connectivity index (χ1v) is 17.3. The van der Waals surface area contributed by atoms with Crippen LogP contribution in [0.1, 0.15) is 117 Å². The molecule has 0 radical (unpaired) electrons. The van der Waals surface area contributed by atoms with Gasteiger partial charge in [-0.3, -0.25) is 49.0 Å². The molecule has 3 aliphatic heterocycles. The SMILES string of the molecule is CC(=O)CC(=O)CCCOC1CCCC1.CC(=O)O.O=C1CC(=O)NC(=O)C1.O=C1CC2OC(=O)C=C(CCCOC3CCCC3)C2C(=O)N1. The van der Waals surface area contributed by atoms with E-state index in [0.717, 1.165) is 38.2 Å². The normalized spacial score (nSPS) is 21.8. The van der Waals surface area contributed by atoms with Gasteiger partial charge in [0.05, 0.1) is 43.8 Å². The smallest absolute Gasteiger partial charge is 0.331 e. The lowest BCUT2D eigenvalue weighted by Gasteiger charge is -2.34. The largest absolute Gasteiger partial charge is 0.481 e. The molecule has 0 bridgehead atoms. The molecule has 5 aliphatic rings. The minimum atomic E-state index is -0.833. The van der Waals surface area contributed by atoms with Gasteiger partial charge in [0, 0.05) is 32.6 Å². The average Bonchev–Trinajstić information content (AvgIpc) is 3.71. The molecule has 3 heterocycles. The van der Waals surface area contributed by atoms with Gasteiger partial charge in [-0.05, 0) is 57.4 Å². The highest BCUT2D eigenvalue weighted by atomic mass is 16.5. The van der Waals surface area contributed by atoms with Crippen molar-refractivity contribution in [1.82, 2.24) is 10.6 Å². The highest BCUT2D eigenvalue weighted by Gasteiger charge is 2.43. The Morgan fingerprint density at radius 3 is 1.82 bits per heavy atom. The summed E-state index contributed by atoms with van der Waals surface area (Å²) in [6, 6.07) is 0. The Kier molecular flexibility index (Phi) is 19.0. The molecule has 0 aromatic rings. The Balaban J connectivity index is 0.000000267. The molecule has 2 aliphatic carbocycles. The number of hydrogen-bond donors (Lipinski definition) is 3. The fourth-order valence-corrected chi connectivity index (χ4v) is 6.09. The number of imide groups is 2. The van der Waals surface area contributed by atoms with Crippen molar-refractivity contribution in [2.75, 3.05) is 13.2 Å². The Bertz CT molecular complexity index is 1230. The highest BCUT2D eigenvalue weighted by Crippen LogP contribution is 2.31. The number of amides is 4. The zero-order valence-corrected chi connectivity index (χ0v) is 29.0. The second-order valence-electron chi connectivity index (χ2n) is 12.9. The van der Waals surface area contributed by atoms with Crippen molar-refractivity contribution in [2.45, 2.75) is 135 Å². The molecule has 0 spiro atoms. The van der Waals surface area contributed by atoms with Crippen LogP contribution in [0.5, 0.6) is 0 Å². The third-order valence-electron chi connectivity index (χ3n) is 8.24. The molecule has 3 N–H and O–H groups in total. The van der Waals surface area contributed by atoms with Crippen LogP contribution >= 0.6 is 0 Å². The molecule has 2 saturated carbocycles. The number of Topliss-reactive ketones (excluding diaryl/α,β-unsaturated/α-hetero) is 3. The van der Waals surface area contributed by atoms with Gasteiger partial charge in [0.1, 0.15) is 17.7 Å². The molecule has 278 valence electrons. The van der Waals surface area contributed by atoms with Gasteiger partial charge in [0.25, 0.3) is 5.97 Å². The molecule has 0 aromatic carbocycles. The fraction of sp³-hybridized carbons (Fsp3) is 0.686. The van der Waals surface area contributed by atoms with Crippen LogP contribution < -0.4 is 10.6 Å². The fourth-order valence-electron chi connectivity index (χ4n) is 6.09. The van der Waals surface area contributed by atoms with E-state index in [4.69, 9.17) is 24.1 Å². The van der Waals surface area contributed by atoms with Gasteiger partial charge in [-0.15, -0.1) is 0 Å². The zero-order chi connectivity index (χ0) is 37.1. The van der Waals surface area contributed by atoms with E-state index >= 15 is 0 Å². The number of carbonyl (C=O) groups is 9.